The van der Waals surface area contributed by atoms with Crippen molar-refractivity contribution in [2.45, 2.75) is 31.7 Å². The number of rotatable bonds is 5. The molecule has 1 saturated heterocycles. The maximum atomic E-state index is 4.15. The van der Waals surface area contributed by atoms with Gasteiger partial charge in [-0.3, -0.25) is 4.98 Å². The summed E-state index contributed by atoms with van der Waals surface area (Å²) < 4.78 is 0. The molecule has 0 bridgehead atoms. The van der Waals surface area contributed by atoms with Gasteiger partial charge in [-0.05, 0) is 44.5 Å². The minimum absolute atomic E-state index is 0.697. The van der Waals surface area contributed by atoms with E-state index in [0.717, 1.165) is 13.0 Å². The van der Waals surface area contributed by atoms with Crippen LogP contribution in [0.25, 0.3) is 0 Å². The molecule has 2 rings (SSSR count). The molecule has 1 atom stereocenters. The molecule has 1 N–H and O–H groups in total. The summed E-state index contributed by atoms with van der Waals surface area (Å²) in [5.74, 6) is 0. The van der Waals surface area contributed by atoms with Crippen LogP contribution in [0.1, 0.15) is 24.8 Å². The Balaban J connectivity index is 1.68. The van der Waals surface area contributed by atoms with E-state index in [2.05, 4.69) is 28.3 Å². The minimum Gasteiger partial charge on any atom is -0.313 e. The Labute approximate surface area is 104 Å². The molecule has 1 aromatic heterocycles. The van der Waals surface area contributed by atoms with Crippen molar-refractivity contribution in [3.05, 3.63) is 30.1 Å². The topological polar surface area (TPSA) is 28.2 Å². The molecule has 0 radical (unpaired) electrons. The van der Waals surface area contributed by atoms with Crippen molar-refractivity contribution in [2.75, 3.05) is 26.7 Å². The van der Waals surface area contributed by atoms with Crippen LogP contribution in [0.15, 0.2) is 24.5 Å². The van der Waals surface area contributed by atoms with E-state index < -0.39 is 0 Å². The Morgan fingerprint density at radius 1 is 1.47 bits per heavy atom. The van der Waals surface area contributed by atoms with Gasteiger partial charge in [0.05, 0.1) is 0 Å². The van der Waals surface area contributed by atoms with Gasteiger partial charge >= 0.3 is 0 Å². The number of piperidine rings is 1. The van der Waals surface area contributed by atoms with Gasteiger partial charge in [-0.1, -0.05) is 12.5 Å². The predicted molar refractivity (Wildman–Crippen MR) is 71.1 cm³/mol. The molecular weight excluding hydrogens is 210 g/mol. The number of hydrogen-bond acceptors (Lipinski definition) is 3. The molecule has 3 nitrogen and oxygen atoms in total. The average Bonchev–Trinajstić information content (AvgIpc) is 2.39. The van der Waals surface area contributed by atoms with Gasteiger partial charge in [-0.15, -0.1) is 0 Å². The van der Waals surface area contributed by atoms with Gasteiger partial charge in [-0.25, -0.2) is 0 Å². The van der Waals surface area contributed by atoms with Crippen molar-refractivity contribution in [2.24, 2.45) is 0 Å². The summed E-state index contributed by atoms with van der Waals surface area (Å²) in [7, 11) is 2.21. The van der Waals surface area contributed by atoms with Crippen LogP contribution in [0.4, 0.5) is 0 Å². The van der Waals surface area contributed by atoms with Gasteiger partial charge in [0.25, 0.3) is 0 Å². The third-order valence-corrected chi connectivity index (χ3v) is 3.45. The lowest BCUT2D eigenvalue weighted by Gasteiger charge is -2.28. The molecule has 1 unspecified atom stereocenters. The Hall–Kier alpha value is -0.930. The van der Waals surface area contributed by atoms with Crippen LogP contribution in [-0.4, -0.2) is 42.6 Å². The number of nitrogens with zero attached hydrogens (tertiary/aromatic N) is 2. The van der Waals surface area contributed by atoms with Gasteiger partial charge in [0, 0.05) is 31.5 Å². The number of aromatic nitrogens is 1. The molecule has 0 saturated carbocycles. The van der Waals surface area contributed by atoms with E-state index in [1.807, 2.05) is 18.5 Å². The van der Waals surface area contributed by atoms with Gasteiger partial charge in [-0.2, -0.15) is 0 Å². The molecule has 2 heterocycles. The zero-order valence-electron chi connectivity index (χ0n) is 10.7. The molecular formula is C14H23N3. The van der Waals surface area contributed by atoms with E-state index in [0.29, 0.717) is 6.04 Å². The van der Waals surface area contributed by atoms with Crippen molar-refractivity contribution in [1.82, 2.24) is 15.2 Å². The highest BCUT2D eigenvalue weighted by Gasteiger charge is 2.14. The summed E-state index contributed by atoms with van der Waals surface area (Å²) in [6.07, 6.45) is 8.95. The standard InChI is InChI=1S/C14H23N3/c1-17(12-14-6-2-3-9-16-14)10-7-13-5-4-8-15-11-13/h4-5,8,11,14,16H,2-3,6-7,9-10,12H2,1H3. The second-order valence-electron chi connectivity index (χ2n) is 5.02. The second kappa shape index (κ2) is 6.72. The van der Waals surface area contributed by atoms with Gasteiger partial charge < -0.3 is 10.2 Å². The highest BCUT2D eigenvalue weighted by molar-refractivity contribution is 5.08. The van der Waals surface area contributed by atoms with Crippen LogP contribution in [-0.2, 0) is 6.42 Å². The van der Waals surface area contributed by atoms with E-state index in [9.17, 15) is 0 Å². The van der Waals surface area contributed by atoms with Gasteiger partial charge in [0.15, 0.2) is 0 Å². The maximum absolute atomic E-state index is 4.15. The average molecular weight is 233 g/mol. The van der Waals surface area contributed by atoms with Crippen LogP contribution in [0.2, 0.25) is 0 Å². The van der Waals surface area contributed by atoms with E-state index >= 15 is 0 Å². The van der Waals surface area contributed by atoms with Crippen LogP contribution in [0, 0.1) is 0 Å². The minimum atomic E-state index is 0.697. The Morgan fingerprint density at radius 3 is 3.12 bits per heavy atom. The molecule has 0 spiro atoms. The Bertz CT molecular complexity index is 307. The fourth-order valence-electron chi connectivity index (χ4n) is 2.41. The first kappa shape index (κ1) is 12.5. The normalized spacial score (nSPS) is 20.7. The van der Waals surface area contributed by atoms with E-state index in [4.69, 9.17) is 0 Å². The number of hydrogen-bond donors (Lipinski definition) is 1. The third kappa shape index (κ3) is 4.44. The Morgan fingerprint density at radius 2 is 2.41 bits per heavy atom. The summed E-state index contributed by atoms with van der Waals surface area (Å²) in [6.45, 7) is 3.48. The molecule has 17 heavy (non-hydrogen) atoms. The van der Waals surface area contributed by atoms with E-state index in [1.165, 1.54) is 37.9 Å². The summed E-state index contributed by atoms with van der Waals surface area (Å²) in [6, 6.07) is 4.86. The van der Waals surface area contributed by atoms with Crippen molar-refractivity contribution in [1.29, 1.82) is 0 Å². The quantitative estimate of drug-likeness (QED) is 0.839. The van der Waals surface area contributed by atoms with Crippen LogP contribution in [0.5, 0.6) is 0 Å². The molecule has 1 aliphatic heterocycles. The zero-order chi connectivity index (χ0) is 11.9. The van der Waals surface area contributed by atoms with Crippen molar-refractivity contribution < 1.29 is 0 Å². The Kier molecular flexibility index (Phi) is 4.95. The first-order valence-corrected chi connectivity index (χ1v) is 6.65. The van der Waals surface area contributed by atoms with Crippen LogP contribution < -0.4 is 5.32 Å². The molecule has 1 aromatic rings. The van der Waals surface area contributed by atoms with Gasteiger partial charge in [0.2, 0.25) is 0 Å². The highest BCUT2D eigenvalue weighted by Crippen LogP contribution is 2.08. The lowest BCUT2D eigenvalue weighted by molar-refractivity contribution is 0.264. The number of nitrogens with one attached hydrogen (secondary N) is 1. The lowest BCUT2D eigenvalue weighted by atomic mass is 10.0. The highest BCUT2D eigenvalue weighted by atomic mass is 15.1. The van der Waals surface area contributed by atoms with Crippen LogP contribution >= 0.6 is 0 Å². The summed E-state index contributed by atoms with van der Waals surface area (Å²) in [4.78, 5) is 6.57. The fourth-order valence-corrected chi connectivity index (χ4v) is 2.41. The second-order valence-corrected chi connectivity index (χ2v) is 5.02. The molecule has 0 aliphatic carbocycles. The molecule has 94 valence electrons. The molecule has 3 heteroatoms. The van der Waals surface area contributed by atoms with Crippen molar-refractivity contribution in [3.8, 4) is 0 Å². The summed E-state index contributed by atoms with van der Waals surface area (Å²) in [5, 5.41) is 3.59. The van der Waals surface area contributed by atoms with E-state index in [-0.39, 0.29) is 0 Å². The SMILES string of the molecule is CN(CCc1cccnc1)CC1CCCCN1. The molecule has 1 aliphatic rings. The molecule has 1 fully saturated rings. The van der Waals surface area contributed by atoms with Gasteiger partial charge in [0.1, 0.15) is 0 Å². The predicted octanol–water partition coefficient (Wildman–Crippen LogP) is 1.70. The number of pyridine rings is 1. The lowest BCUT2D eigenvalue weighted by Crippen LogP contribution is -2.42. The molecule has 0 aromatic carbocycles. The first-order valence-electron chi connectivity index (χ1n) is 6.65. The largest absolute Gasteiger partial charge is 0.313 e. The van der Waals surface area contributed by atoms with E-state index in [1.54, 1.807) is 0 Å². The summed E-state index contributed by atoms with van der Waals surface area (Å²) >= 11 is 0. The monoisotopic (exact) mass is 233 g/mol. The van der Waals surface area contributed by atoms with Crippen LogP contribution in [0.3, 0.4) is 0 Å². The van der Waals surface area contributed by atoms with Crippen molar-refractivity contribution in [3.63, 3.8) is 0 Å². The smallest absolute Gasteiger partial charge is 0.0300 e. The summed E-state index contributed by atoms with van der Waals surface area (Å²) in [5.41, 5.74) is 1.33. The maximum Gasteiger partial charge on any atom is 0.0300 e. The fraction of sp³-hybridized carbons (Fsp3) is 0.643. The number of likely N-dealkylation sites (N-methyl/N-ethyl adjacent to an activating group) is 1. The zero-order valence-corrected chi connectivity index (χ0v) is 10.7. The van der Waals surface area contributed by atoms with Crippen molar-refractivity contribution >= 4 is 0 Å². The third-order valence-electron chi connectivity index (χ3n) is 3.45. The molecule has 0 amide bonds. The first-order chi connectivity index (χ1) is 8.34.